The number of halogens is 1. The Bertz CT molecular complexity index is 1550. The molecular weight excluding hydrogens is 712 g/mol. The summed E-state index contributed by atoms with van der Waals surface area (Å²) in [7, 11) is 1.98. The molecule has 2 aromatic rings. The number of carboxylic acid groups (broad SMARTS) is 1. The number of Topliss-reactive ketones (excluding diaryl/α,β-unsaturated/α-hetero) is 1. The van der Waals surface area contributed by atoms with Gasteiger partial charge in [-0.3, -0.25) is 28.9 Å². The second-order valence-electron chi connectivity index (χ2n) is 15.4. The fraction of sp³-hybridized carbons (Fsp3) is 0.659. The Hall–Kier alpha value is -3.71. The van der Waals surface area contributed by atoms with Gasteiger partial charge in [-0.25, -0.2) is 9.37 Å². The van der Waals surface area contributed by atoms with E-state index in [1.807, 2.05) is 46.6 Å². The van der Waals surface area contributed by atoms with Crippen molar-refractivity contribution in [2.75, 3.05) is 20.1 Å². The number of piperidine rings is 1. The maximum Gasteiger partial charge on any atom is 0.306 e. The number of ether oxygens (including phenoxy) is 1. The van der Waals surface area contributed by atoms with Gasteiger partial charge in [0, 0.05) is 49.7 Å². The lowest BCUT2D eigenvalue weighted by atomic mass is 9.82. The van der Waals surface area contributed by atoms with E-state index in [0.29, 0.717) is 18.0 Å². The molecule has 0 saturated carbocycles. The van der Waals surface area contributed by atoms with Gasteiger partial charge in [-0.2, -0.15) is 0 Å². The van der Waals surface area contributed by atoms with Gasteiger partial charge >= 0.3 is 11.9 Å². The summed E-state index contributed by atoms with van der Waals surface area (Å²) in [5, 5.41) is 14.4. The van der Waals surface area contributed by atoms with Crippen molar-refractivity contribution in [2.24, 2.45) is 23.7 Å². The van der Waals surface area contributed by atoms with Gasteiger partial charge in [0.1, 0.15) is 16.5 Å². The first-order valence-electron chi connectivity index (χ1n) is 19.5. The third kappa shape index (κ3) is 13.0. The maximum absolute atomic E-state index is 14.6. The lowest BCUT2D eigenvalue weighted by molar-refractivity contribution is -0.150. The first kappa shape index (κ1) is 44.7. The molecule has 2 amide bonds. The number of esters is 1. The summed E-state index contributed by atoms with van der Waals surface area (Å²) < 4.78 is 19.4. The van der Waals surface area contributed by atoms with E-state index < -0.39 is 47.6 Å². The van der Waals surface area contributed by atoms with Gasteiger partial charge in [-0.05, 0) is 75.2 Å². The molecule has 0 aliphatic carbocycles. The number of benzene rings is 1. The molecule has 1 saturated heterocycles. The molecule has 3 unspecified atom stereocenters. The Morgan fingerprint density at radius 2 is 1.76 bits per heavy atom. The molecule has 1 aromatic heterocycles. The number of likely N-dealkylation sites (N-methyl/N-ethyl adjacent to an activating group) is 1. The molecule has 2 heterocycles. The normalized spacial score (nSPS) is 18.2. The number of carbonyl (C=O) groups excluding carboxylic acids is 4. The van der Waals surface area contributed by atoms with Gasteiger partial charge < -0.3 is 20.1 Å². The summed E-state index contributed by atoms with van der Waals surface area (Å²) >= 11 is 1.17. The number of aromatic nitrogens is 1. The number of rotatable bonds is 21. The van der Waals surface area contributed by atoms with Crippen molar-refractivity contribution >= 4 is 40.9 Å². The highest BCUT2D eigenvalue weighted by molar-refractivity contribution is 7.09. The first-order valence-corrected chi connectivity index (χ1v) is 20.4. The molecule has 1 aromatic carbocycles. The van der Waals surface area contributed by atoms with Crippen molar-refractivity contribution < 1.29 is 38.2 Å². The summed E-state index contributed by atoms with van der Waals surface area (Å²) in [6.45, 7) is 14.3. The van der Waals surface area contributed by atoms with Crippen LogP contribution in [0.3, 0.4) is 0 Å². The third-order valence-corrected chi connectivity index (χ3v) is 11.6. The van der Waals surface area contributed by atoms with E-state index in [2.05, 4.69) is 15.2 Å². The zero-order valence-corrected chi connectivity index (χ0v) is 34.1. The van der Waals surface area contributed by atoms with Crippen molar-refractivity contribution in [1.82, 2.24) is 20.1 Å². The molecule has 1 aliphatic rings. The van der Waals surface area contributed by atoms with Crippen LogP contribution in [0, 0.1) is 29.5 Å². The highest BCUT2D eigenvalue weighted by Gasteiger charge is 2.39. The second-order valence-corrected chi connectivity index (χ2v) is 16.3. The number of nitrogens with one attached hydrogen (secondary N) is 1. The molecule has 3 rings (SSSR count). The fourth-order valence-corrected chi connectivity index (χ4v) is 8.19. The van der Waals surface area contributed by atoms with E-state index in [1.165, 1.54) is 30.4 Å². The van der Waals surface area contributed by atoms with E-state index >= 15 is 0 Å². The number of thiazole rings is 1. The van der Waals surface area contributed by atoms with Gasteiger partial charge in [-0.15, -0.1) is 11.3 Å². The minimum Gasteiger partial charge on any atom is -0.481 e. The number of carboxylic acids is 1. The molecule has 1 fully saturated rings. The lowest BCUT2D eigenvalue weighted by Crippen LogP contribution is -2.50. The highest BCUT2D eigenvalue weighted by atomic mass is 32.1. The first-order chi connectivity index (χ1) is 25.6. The number of amides is 2. The SMILES string of the molecule is CCCN(C(=O)[C@@H](CC(=O)C1CCCCN1C)C(C)CC)C(C[C@@H](OC(C)=O)c1nc(C(=O)N[C@@H](Cc2ccc(F)cc2)C[C@H](C)C(=O)O)cs1)C(C)C. The smallest absolute Gasteiger partial charge is 0.306 e. The quantitative estimate of drug-likeness (QED) is 0.127. The van der Waals surface area contributed by atoms with E-state index in [9.17, 15) is 33.5 Å². The maximum atomic E-state index is 14.6. The van der Waals surface area contributed by atoms with Crippen LogP contribution in [-0.4, -0.2) is 87.7 Å². The molecule has 0 radical (unpaired) electrons. The van der Waals surface area contributed by atoms with Crippen molar-refractivity contribution in [2.45, 2.75) is 130 Å². The number of nitrogens with zero attached hydrogens (tertiary/aromatic N) is 3. The number of ketones is 1. The number of hydrogen-bond acceptors (Lipinski definition) is 9. The van der Waals surface area contributed by atoms with Gasteiger partial charge in [0.2, 0.25) is 5.91 Å². The molecule has 2 N–H and O–H groups in total. The highest BCUT2D eigenvalue weighted by Crippen LogP contribution is 2.33. The average Bonchev–Trinajstić information content (AvgIpc) is 3.62. The summed E-state index contributed by atoms with van der Waals surface area (Å²) in [6, 6.07) is 4.71. The monoisotopic (exact) mass is 772 g/mol. The van der Waals surface area contributed by atoms with E-state index in [1.54, 1.807) is 24.4 Å². The molecule has 0 spiro atoms. The topological polar surface area (TPSA) is 146 Å². The zero-order valence-electron chi connectivity index (χ0n) is 33.3. The molecule has 54 heavy (non-hydrogen) atoms. The number of hydrogen-bond donors (Lipinski definition) is 2. The summed E-state index contributed by atoms with van der Waals surface area (Å²) in [6.07, 6.45) is 4.31. The van der Waals surface area contributed by atoms with Crippen molar-refractivity contribution in [3.05, 3.63) is 51.7 Å². The molecule has 300 valence electrons. The Morgan fingerprint density at radius 3 is 2.33 bits per heavy atom. The molecule has 11 nitrogen and oxygen atoms in total. The van der Waals surface area contributed by atoms with Gasteiger partial charge in [0.05, 0.1) is 12.0 Å². The third-order valence-electron chi connectivity index (χ3n) is 10.7. The number of carbonyl (C=O) groups is 5. The molecular formula is C41H61FN4O7S. The Labute approximate surface area is 324 Å². The lowest BCUT2D eigenvalue weighted by Gasteiger charge is -2.39. The minimum absolute atomic E-state index is 0.0165. The van der Waals surface area contributed by atoms with Crippen LogP contribution in [0.15, 0.2) is 29.6 Å². The largest absolute Gasteiger partial charge is 0.481 e. The van der Waals surface area contributed by atoms with Gasteiger partial charge in [-0.1, -0.05) is 66.5 Å². The predicted molar refractivity (Wildman–Crippen MR) is 207 cm³/mol. The van der Waals surface area contributed by atoms with Crippen LogP contribution >= 0.6 is 11.3 Å². The summed E-state index contributed by atoms with van der Waals surface area (Å²) in [5.74, 6) is -3.69. The van der Waals surface area contributed by atoms with Crippen LogP contribution in [-0.2, 0) is 30.3 Å². The molecule has 0 bridgehead atoms. The summed E-state index contributed by atoms with van der Waals surface area (Å²) in [4.78, 5) is 74.6. The Morgan fingerprint density at radius 1 is 1.07 bits per heavy atom. The Kier molecular flexibility index (Phi) is 17.7. The van der Waals surface area contributed by atoms with Crippen LogP contribution in [0.5, 0.6) is 0 Å². The average molecular weight is 773 g/mol. The van der Waals surface area contributed by atoms with Crippen molar-refractivity contribution in [1.29, 1.82) is 0 Å². The Balaban J connectivity index is 1.88. The number of aliphatic carboxylic acids is 1. The second kappa shape index (κ2) is 21.4. The van der Waals surface area contributed by atoms with Crippen LogP contribution < -0.4 is 5.32 Å². The molecule has 1 aliphatic heterocycles. The van der Waals surface area contributed by atoms with E-state index in [-0.39, 0.29) is 67.0 Å². The van der Waals surface area contributed by atoms with E-state index in [0.717, 1.165) is 37.8 Å². The molecule has 7 atom stereocenters. The zero-order chi connectivity index (χ0) is 40.1. The van der Waals surface area contributed by atoms with Crippen LogP contribution in [0.25, 0.3) is 0 Å². The van der Waals surface area contributed by atoms with Crippen LogP contribution in [0.2, 0.25) is 0 Å². The van der Waals surface area contributed by atoms with Crippen LogP contribution in [0.1, 0.15) is 127 Å². The predicted octanol–water partition coefficient (Wildman–Crippen LogP) is 7.10. The van der Waals surface area contributed by atoms with Gasteiger partial charge in [0.15, 0.2) is 11.9 Å². The molecule has 13 heteroatoms. The van der Waals surface area contributed by atoms with E-state index in [4.69, 9.17) is 4.74 Å². The van der Waals surface area contributed by atoms with Crippen molar-refractivity contribution in [3.63, 3.8) is 0 Å². The standard InChI is InChI=1S/C41H61FN4O7S/c1-9-18-46(40(50)32(26(5)10-2)22-36(48)34-13-11-12-19-45(34)8)35(25(3)4)23-37(53-28(7)47)39-44-33(24-54-39)38(49)43-31(20-27(6)41(51)52)21-29-14-16-30(42)17-15-29/h14-17,24-27,31-32,34-35,37H,9-13,18-23H2,1-8H3,(H,43,49)(H,51,52)/t26?,27-,31+,32-,34?,35?,37+/m0/s1. The van der Waals surface area contributed by atoms with Gasteiger partial charge in [0.25, 0.3) is 5.91 Å². The number of likely N-dealkylation sites (tertiary alicyclic amines) is 1. The van der Waals surface area contributed by atoms with Crippen LogP contribution in [0.4, 0.5) is 4.39 Å². The summed E-state index contributed by atoms with van der Waals surface area (Å²) in [5.41, 5.74) is 0.824. The minimum atomic E-state index is -0.997. The fourth-order valence-electron chi connectivity index (χ4n) is 7.35. The van der Waals surface area contributed by atoms with Crippen molar-refractivity contribution in [3.8, 4) is 0 Å².